The van der Waals surface area contributed by atoms with Crippen LogP contribution in [0, 0.1) is 0 Å². The van der Waals surface area contributed by atoms with E-state index in [1.807, 2.05) is 12.3 Å². The number of H-pyrrole nitrogens is 1. The lowest BCUT2D eigenvalue weighted by atomic mass is 9.89. The van der Waals surface area contributed by atoms with E-state index in [1.165, 1.54) is 36.9 Å². The summed E-state index contributed by atoms with van der Waals surface area (Å²) < 4.78 is 0. The van der Waals surface area contributed by atoms with Crippen LogP contribution in [0.15, 0.2) is 36.5 Å². The van der Waals surface area contributed by atoms with Gasteiger partial charge in [-0.1, -0.05) is 18.2 Å². The van der Waals surface area contributed by atoms with E-state index in [2.05, 4.69) is 41.5 Å². The molecule has 2 nitrogen and oxygen atoms in total. The first-order valence-corrected chi connectivity index (χ1v) is 7.30. The quantitative estimate of drug-likeness (QED) is 0.854. The summed E-state index contributed by atoms with van der Waals surface area (Å²) in [7, 11) is 0. The zero-order chi connectivity index (χ0) is 13.1. The van der Waals surface area contributed by atoms with Crippen LogP contribution in [-0.4, -0.2) is 4.98 Å². The maximum atomic E-state index is 3.58. The fourth-order valence-corrected chi connectivity index (χ4v) is 2.88. The fourth-order valence-electron chi connectivity index (χ4n) is 2.88. The molecule has 0 saturated heterocycles. The molecule has 1 heterocycles. The molecule has 3 rings (SSSR count). The predicted octanol–water partition coefficient (Wildman–Crippen LogP) is 3.74. The van der Waals surface area contributed by atoms with E-state index in [0.717, 1.165) is 6.54 Å². The van der Waals surface area contributed by atoms with Gasteiger partial charge in [0.05, 0.1) is 0 Å². The lowest BCUT2D eigenvalue weighted by Crippen LogP contribution is -2.18. The number of fused-ring (bicyclic) bond motifs is 1. The molecule has 0 bridgehead atoms. The Kier molecular flexibility index (Phi) is 3.69. The van der Waals surface area contributed by atoms with Gasteiger partial charge in [0.25, 0.3) is 0 Å². The van der Waals surface area contributed by atoms with Crippen LogP contribution < -0.4 is 5.32 Å². The van der Waals surface area contributed by atoms with Crippen molar-refractivity contribution in [1.82, 2.24) is 10.3 Å². The number of benzene rings is 1. The SMILES string of the molecule is CC(NCc1ccc[nH]1)c1ccc2c(c1)CCCC2. The summed E-state index contributed by atoms with van der Waals surface area (Å²) in [5.41, 5.74) is 5.78. The Bertz CT molecular complexity index is 528. The van der Waals surface area contributed by atoms with Gasteiger partial charge < -0.3 is 10.3 Å². The van der Waals surface area contributed by atoms with E-state index >= 15 is 0 Å². The van der Waals surface area contributed by atoms with E-state index in [-0.39, 0.29) is 0 Å². The van der Waals surface area contributed by atoms with Gasteiger partial charge in [-0.15, -0.1) is 0 Å². The fraction of sp³-hybridized carbons (Fsp3) is 0.412. The summed E-state index contributed by atoms with van der Waals surface area (Å²) in [5, 5.41) is 3.58. The molecule has 0 radical (unpaired) electrons. The van der Waals surface area contributed by atoms with E-state index < -0.39 is 0 Å². The third-order valence-electron chi connectivity index (χ3n) is 4.13. The van der Waals surface area contributed by atoms with Crippen molar-refractivity contribution >= 4 is 0 Å². The maximum Gasteiger partial charge on any atom is 0.0362 e. The third-order valence-corrected chi connectivity index (χ3v) is 4.13. The number of aromatic nitrogens is 1. The van der Waals surface area contributed by atoms with Crippen LogP contribution in [0.3, 0.4) is 0 Å². The van der Waals surface area contributed by atoms with Gasteiger partial charge in [-0.25, -0.2) is 0 Å². The highest BCUT2D eigenvalue weighted by molar-refractivity contribution is 5.35. The minimum Gasteiger partial charge on any atom is -0.364 e. The first-order chi connectivity index (χ1) is 9.33. The zero-order valence-electron chi connectivity index (χ0n) is 11.6. The number of aryl methyl sites for hydroxylation is 2. The smallest absolute Gasteiger partial charge is 0.0362 e. The Balaban J connectivity index is 1.67. The summed E-state index contributed by atoms with van der Waals surface area (Å²) in [6.45, 7) is 3.14. The van der Waals surface area contributed by atoms with Crippen molar-refractivity contribution in [1.29, 1.82) is 0 Å². The van der Waals surface area contributed by atoms with Crippen LogP contribution in [0.5, 0.6) is 0 Å². The summed E-state index contributed by atoms with van der Waals surface area (Å²) in [5.74, 6) is 0. The van der Waals surface area contributed by atoms with Crippen molar-refractivity contribution in [3.8, 4) is 0 Å². The predicted molar refractivity (Wildman–Crippen MR) is 79.1 cm³/mol. The third kappa shape index (κ3) is 2.90. The minimum atomic E-state index is 0.399. The van der Waals surface area contributed by atoms with E-state index in [0.29, 0.717) is 6.04 Å². The second-order valence-electron chi connectivity index (χ2n) is 5.53. The number of hydrogen-bond donors (Lipinski definition) is 2. The Hall–Kier alpha value is -1.54. The van der Waals surface area contributed by atoms with Crippen LogP contribution in [0.25, 0.3) is 0 Å². The van der Waals surface area contributed by atoms with Crippen molar-refractivity contribution in [3.05, 3.63) is 58.9 Å². The van der Waals surface area contributed by atoms with Crippen molar-refractivity contribution in [2.24, 2.45) is 0 Å². The maximum absolute atomic E-state index is 3.58. The van der Waals surface area contributed by atoms with Crippen LogP contribution in [0.2, 0.25) is 0 Å². The average Bonchev–Trinajstić information content (AvgIpc) is 2.97. The summed E-state index contributed by atoms with van der Waals surface area (Å²) >= 11 is 0. The molecule has 1 unspecified atom stereocenters. The molecule has 100 valence electrons. The molecule has 0 amide bonds. The summed E-state index contributed by atoms with van der Waals surface area (Å²) in [6, 6.07) is 11.6. The highest BCUT2D eigenvalue weighted by atomic mass is 14.9. The van der Waals surface area contributed by atoms with E-state index in [1.54, 1.807) is 11.1 Å². The molecular formula is C17H22N2. The Morgan fingerprint density at radius 1 is 1.16 bits per heavy atom. The normalized spacial score (nSPS) is 16.1. The Morgan fingerprint density at radius 3 is 2.79 bits per heavy atom. The number of nitrogens with one attached hydrogen (secondary N) is 2. The van der Waals surface area contributed by atoms with Gasteiger partial charge in [0.2, 0.25) is 0 Å². The van der Waals surface area contributed by atoms with Gasteiger partial charge >= 0.3 is 0 Å². The molecule has 1 aliphatic carbocycles. The lowest BCUT2D eigenvalue weighted by Gasteiger charge is -2.20. The number of aromatic amines is 1. The lowest BCUT2D eigenvalue weighted by molar-refractivity contribution is 0.567. The van der Waals surface area contributed by atoms with Crippen molar-refractivity contribution in [2.75, 3.05) is 0 Å². The van der Waals surface area contributed by atoms with Gasteiger partial charge in [0.1, 0.15) is 0 Å². The minimum absolute atomic E-state index is 0.399. The highest BCUT2D eigenvalue weighted by Crippen LogP contribution is 2.24. The molecule has 1 aromatic heterocycles. The Labute approximate surface area is 115 Å². The van der Waals surface area contributed by atoms with Gasteiger partial charge in [0.15, 0.2) is 0 Å². The number of hydrogen-bond acceptors (Lipinski definition) is 1. The molecule has 0 spiro atoms. The van der Waals surface area contributed by atoms with Crippen LogP contribution in [-0.2, 0) is 19.4 Å². The molecule has 2 heteroatoms. The zero-order valence-corrected chi connectivity index (χ0v) is 11.6. The standard InChI is InChI=1S/C17H22N2/c1-13(19-12-17-7-4-10-18-17)15-9-8-14-5-2-3-6-16(14)11-15/h4,7-11,13,18-19H,2-3,5-6,12H2,1H3. The molecule has 2 aromatic rings. The molecule has 19 heavy (non-hydrogen) atoms. The molecule has 0 saturated carbocycles. The highest BCUT2D eigenvalue weighted by Gasteiger charge is 2.12. The second-order valence-corrected chi connectivity index (χ2v) is 5.53. The van der Waals surface area contributed by atoms with Gasteiger partial charge in [0, 0.05) is 24.5 Å². The van der Waals surface area contributed by atoms with Crippen molar-refractivity contribution in [2.45, 2.75) is 45.2 Å². The van der Waals surface area contributed by atoms with E-state index in [9.17, 15) is 0 Å². The summed E-state index contributed by atoms with van der Waals surface area (Å²) in [4.78, 5) is 3.23. The van der Waals surface area contributed by atoms with Crippen molar-refractivity contribution in [3.63, 3.8) is 0 Å². The van der Waals surface area contributed by atoms with Crippen LogP contribution in [0.4, 0.5) is 0 Å². The molecular weight excluding hydrogens is 232 g/mol. The second kappa shape index (κ2) is 5.62. The molecule has 2 N–H and O–H groups in total. The van der Waals surface area contributed by atoms with E-state index in [4.69, 9.17) is 0 Å². The van der Waals surface area contributed by atoms with Gasteiger partial charge in [-0.05, 0) is 61.4 Å². The summed E-state index contributed by atoms with van der Waals surface area (Å²) in [6.07, 6.45) is 7.20. The monoisotopic (exact) mass is 254 g/mol. The average molecular weight is 254 g/mol. The first-order valence-electron chi connectivity index (χ1n) is 7.30. The largest absolute Gasteiger partial charge is 0.364 e. The first kappa shape index (κ1) is 12.5. The topological polar surface area (TPSA) is 27.8 Å². The molecule has 0 fully saturated rings. The van der Waals surface area contributed by atoms with Gasteiger partial charge in [-0.2, -0.15) is 0 Å². The van der Waals surface area contributed by atoms with Crippen molar-refractivity contribution < 1.29 is 0 Å². The van der Waals surface area contributed by atoms with Crippen LogP contribution in [0.1, 0.15) is 48.2 Å². The molecule has 1 aliphatic rings. The number of rotatable bonds is 4. The van der Waals surface area contributed by atoms with Crippen LogP contribution >= 0.6 is 0 Å². The molecule has 0 aliphatic heterocycles. The molecule has 1 aromatic carbocycles. The molecule has 1 atom stereocenters. The Morgan fingerprint density at radius 2 is 2.00 bits per heavy atom. The van der Waals surface area contributed by atoms with Gasteiger partial charge in [-0.3, -0.25) is 0 Å².